The Morgan fingerprint density at radius 2 is 1.71 bits per heavy atom. The van der Waals surface area contributed by atoms with Crippen LogP contribution in [0.4, 0.5) is 0 Å². The molecule has 0 radical (unpaired) electrons. The Morgan fingerprint density at radius 3 is 2.29 bits per heavy atom. The lowest BCUT2D eigenvalue weighted by Gasteiger charge is -2.46. The van der Waals surface area contributed by atoms with E-state index in [9.17, 15) is 14.4 Å². The Kier molecular flexibility index (Phi) is 7.40. The van der Waals surface area contributed by atoms with E-state index in [0.717, 1.165) is 29.6 Å². The van der Waals surface area contributed by atoms with Crippen molar-refractivity contribution in [2.75, 3.05) is 19.6 Å². The van der Waals surface area contributed by atoms with Crippen molar-refractivity contribution in [3.63, 3.8) is 0 Å². The van der Waals surface area contributed by atoms with E-state index in [2.05, 4.69) is 40.7 Å². The summed E-state index contributed by atoms with van der Waals surface area (Å²) in [6, 6.07) is 3.97. The molecule has 1 saturated heterocycles. The SMILES string of the molecule is CC1(C)CCC(c2cc(C(C)(C)C)c3oc(C(=O)N4CCN(C(=O)CCC(=O)O)CC4(C)C)cc3n2)CC1. The Balaban J connectivity index is 1.60. The first kappa shape index (κ1) is 28.1. The molecule has 8 heteroatoms. The highest BCUT2D eigenvalue weighted by atomic mass is 16.4. The van der Waals surface area contributed by atoms with Crippen LogP contribution in [0.15, 0.2) is 16.5 Å². The average molecular weight is 526 g/mol. The monoisotopic (exact) mass is 525 g/mol. The normalized spacial score (nSPS) is 20.1. The van der Waals surface area contributed by atoms with E-state index in [4.69, 9.17) is 14.5 Å². The van der Waals surface area contributed by atoms with Crippen LogP contribution in [0.2, 0.25) is 0 Å². The van der Waals surface area contributed by atoms with Gasteiger partial charge in [0.15, 0.2) is 11.3 Å². The van der Waals surface area contributed by atoms with Crippen LogP contribution in [0, 0.1) is 5.41 Å². The van der Waals surface area contributed by atoms with E-state index in [0.29, 0.717) is 36.6 Å². The maximum atomic E-state index is 13.7. The molecule has 208 valence electrons. The number of pyridine rings is 1. The Labute approximate surface area is 225 Å². The molecule has 2 aromatic heterocycles. The van der Waals surface area contributed by atoms with Gasteiger partial charge in [-0.25, -0.2) is 4.98 Å². The number of carboxylic acids is 1. The van der Waals surface area contributed by atoms with Crippen LogP contribution in [0.25, 0.3) is 11.1 Å². The lowest BCUT2D eigenvalue weighted by Crippen LogP contribution is -2.62. The molecule has 3 heterocycles. The minimum Gasteiger partial charge on any atom is -0.481 e. The molecule has 0 atom stereocenters. The van der Waals surface area contributed by atoms with Crippen LogP contribution in [-0.2, 0) is 15.0 Å². The van der Waals surface area contributed by atoms with Gasteiger partial charge in [-0.3, -0.25) is 14.4 Å². The van der Waals surface area contributed by atoms with Crippen molar-refractivity contribution in [3.05, 3.63) is 29.2 Å². The number of furan rings is 1. The molecule has 4 rings (SSSR count). The summed E-state index contributed by atoms with van der Waals surface area (Å²) in [6.45, 7) is 16.0. The molecule has 2 amide bonds. The first-order valence-corrected chi connectivity index (χ1v) is 13.8. The molecule has 0 unspecified atom stereocenters. The third-order valence-electron chi connectivity index (χ3n) is 8.33. The molecular weight excluding hydrogens is 482 g/mol. The molecule has 0 aromatic carbocycles. The van der Waals surface area contributed by atoms with Crippen molar-refractivity contribution < 1.29 is 23.9 Å². The molecule has 0 bridgehead atoms. The quantitative estimate of drug-likeness (QED) is 0.534. The largest absolute Gasteiger partial charge is 0.481 e. The molecule has 2 fully saturated rings. The fourth-order valence-electron chi connectivity index (χ4n) is 5.86. The predicted octanol–water partition coefficient (Wildman–Crippen LogP) is 5.74. The summed E-state index contributed by atoms with van der Waals surface area (Å²) in [6.07, 6.45) is 4.35. The number of carbonyl (C=O) groups excluding carboxylic acids is 2. The molecule has 1 N–H and O–H groups in total. The summed E-state index contributed by atoms with van der Waals surface area (Å²) < 4.78 is 6.25. The third kappa shape index (κ3) is 5.89. The number of amides is 2. The highest BCUT2D eigenvalue weighted by Gasteiger charge is 2.40. The maximum Gasteiger partial charge on any atom is 0.303 e. The summed E-state index contributed by atoms with van der Waals surface area (Å²) in [7, 11) is 0. The van der Waals surface area contributed by atoms with Gasteiger partial charge in [0.2, 0.25) is 5.91 Å². The molecule has 2 aliphatic rings. The second-order valence-corrected chi connectivity index (χ2v) is 13.6. The number of piperazine rings is 1. The van der Waals surface area contributed by atoms with Gasteiger partial charge in [-0.2, -0.15) is 0 Å². The number of nitrogens with zero attached hydrogens (tertiary/aromatic N) is 3. The summed E-state index contributed by atoms with van der Waals surface area (Å²) in [5, 5.41) is 8.91. The second-order valence-electron chi connectivity index (χ2n) is 13.6. The molecular formula is C30H43N3O5. The van der Waals surface area contributed by atoms with Gasteiger partial charge in [0, 0.05) is 49.3 Å². The van der Waals surface area contributed by atoms with Crippen LogP contribution in [-0.4, -0.2) is 62.8 Å². The Bertz CT molecular complexity index is 1230. The number of hydrogen-bond acceptors (Lipinski definition) is 5. The summed E-state index contributed by atoms with van der Waals surface area (Å²) in [5.74, 6) is -0.734. The number of rotatable bonds is 5. The molecule has 8 nitrogen and oxygen atoms in total. The zero-order valence-corrected chi connectivity index (χ0v) is 24.0. The second kappa shape index (κ2) is 10.0. The highest BCUT2D eigenvalue weighted by Crippen LogP contribution is 2.43. The van der Waals surface area contributed by atoms with Crippen LogP contribution in [0.3, 0.4) is 0 Å². The minimum atomic E-state index is -0.991. The average Bonchev–Trinajstić information content (AvgIpc) is 3.24. The van der Waals surface area contributed by atoms with E-state index in [-0.39, 0.29) is 35.8 Å². The third-order valence-corrected chi connectivity index (χ3v) is 8.33. The predicted molar refractivity (Wildman–Crippen MR) is 146 cm³/mol. The van der Waals surface area contributed by atoms with Crippen molar-refractivity contribution >= 4 is 28.9 Å². The van der Waals surface area contributed by atoms with Gasteiger partial charge in [-0.15, -0.1) is 0 Å². The Morgan fingerprint density at radius 1 is 1.05 bits per heavy atom. The molecule has 1 saturated carbocycles. The molecule has 38 heavy (non-hydrogen) atoms. The minimum absolute atomic E-state index is 0.0367. The van der Waals surface area contributed by atoms with Crippen molar-refractivity contribution in [2.45, 2.75) is 104 Å². The first-order chi connectivity index (χ1) is 17.6. The summed E-state index contributed by atoms with van der Waals surface area (Å²) in [5.41, 5.74) is 3.11. The van der Waals surface area contributed by atoms with Crippen molar-refractivity contribution in [2.24, 2.45) is 5.41 Å². The lowest BCUT2D eigenvalue weighted by atomic mass is 9.72. The first-order valence-electron chi connectivity index (χ1n) is 13.8. The van der Waals surface area contributed by atoms with Gasteiger partial charge >= 0.3 is 5.97 Å². The van der Waals surface area contributed by atoms with E-state index in [1.54, 1.807) is 15.9 Å². The van der Waals surface area contributed by atoms with Crippen LogP contribution >= 0.6 is 0 Å². The molecule has 1 aliphatic heterocycles. The van der Waals surface area contributed by atoms with Crippen LogP contribution < -0.4 is 0 Å². The van der Waals surface area contributed by atoms with E-state index < -0.39 is 11.5 Å². The van der Waals surface area contributed by atoms with Crippen LogP contribution in [0.5, 0.6) is 0 Å². The van der Waals surface area contributed by atoms with E-state index in [1.165, 1.54) is 12.8 Å². The topological polar surface area (TPSA) is 104 Å². The number of fused-ring (bicyclic) bond motifs is 1. The fraction of sp³-hybridized carbons (Fsp3) is 0.667. The van der Waals surface area contributed by atoms with Crippen LogP contribution in [0.1, 0.15) is 115 Å². The van der Waals surface area contributed by atoms with Crippen molar-refractivity contribution in [1.82, 2.24) is 14.8 Å². The maximum absolute atomic E-state index is 13.7. The smallest absolute Gasteiger partial charge is 0.303 e. The zero-order valence-electron chi connectivity index (χ0n) is 24.0. The zero-order chi connectivity index (χ0) is 28.0. The Hall–Kier alpha value is -2.90. The lowest BCUT2D eigenvalue weighted by molar-refractivity contribution is -0.142. The molecule has 1 aliphatic carbocycles. The number of carboxylic acid groups (broad SMARTS) is 1. The number of aliphatic carboxylic acids is 1. The number of hydrogen-bond donors (Lipinski definition) is 1. The van der Waals surface area contributed by atoms with Gasteiger partial charge in [0.1, 0.15) is 5.52 Å². The molecule has 0 spiro atoms. The molecule has 2 aromatic rings. The van der Waals surface area contributed by atoms with Crippen molar-refractivity contribution in [3.8, 4) is 0 Å². The van der Waals surface area contributed by atoms with Gasteiger partial charge in [-0.05, 0) is 56.4 Å². The number of aromatic nitrogens is 1. The van der Waals surface area contributed by atoms with E-state index in [1.807, 2.05) is 13.8 Å². The summed E-state index contributed by atoms with van der Waals surface area (Å²) in [4.78, 5) is 45.5. The summed E-state index contributed by atoms with van der Waals surface area (Å²) >= 11 is 0. The van der Waals surface area contributed by atoms with Crippen molar-refractivity contribution in [1.29, 1.82) is 0 Å². The van der Waals surface area contributed by atoms with Gasteiger partial charge < -0.3 is 19.3 Å². The van der Waals surface area contributed by atoms with Gasteiger partial charge in [-0.1, -0.05) is 34.6 Å². The fourth-order valence-corrected chi connectivity index (χ4v) is 5.86. The number of carbonyl (C=O) groups is 3. The van der Waals surface area contributed by atoms with Gasteiger partial charge in [0.25, 0.3) is 5.91 Å². The van der Waals surface area contributed by atoms with E-state index >= 15 is 0 Å². The van der Waals surface area contributed by atoms with Gasteiger partial charge in [0.05, 0.1) is 12.0 Å². The standard InChI is InChI=1S/C30H43N3O5/c1-28(2,3)20-16-21(19-10-12-29(4,5)13-11-19)31-22-17-23(38-26(20)22)27(37)33-15-14-32(18-30(33,6)7)24(34)8-9-25(35)36/h16-17,19H,8-15,18H2,1-7H3,(H,35,36). The highest BCUT2D eigenvalue weighted by molar-refractivity contribution is 5.96.